The van der Waals surface area contributed by atoms with Crippen LogP contribution in [0.15, 0.2) is 64.6 Å². The number of rotatable bonds is 4. The van der Waals surface area contributed by atoms with Crippen molar-refractivity contribution in [1.29, 1.82) is 0 Å². The lowest BCUT2D eigenvalue weighted by Gasteiger charge is -2.01. The molecule has 0 saturated heterocycles. The van der Waals surface area contributed by atoms with Crippen LogP contribution in [-0.2, 0) is 18.3 Å². The number of hydrogen-bond acceptors (Lipinski definition) is 3. The molecule has 0 aliphatic rings. The molecule has 4 aromatic rings. The molecule has 0 fully saturated rings. The van der Waals surface area contributed by atoms with Gasteiger partial charge in [0, 0.05) is 39.6 Å². The van der Waals surface area contributed by atoms with Gasteiger partial charge < -0.3 is 9.88 Å². The molecular weight excluding hydrogens is 410 g/mol. The molecule has 4 nitrogen and oxygen atoms in total. The predicted molar refractivity (Wildman–Crippen MR) is 111 cm³/mol. The zero-order chi connectivity index (χ0) is 18.1. The van der Waals surface area contributed by atoms with Gasteiger partial charge >= 0.3 is 0 Å². The van der Waals surface area contributed by atoms with Crippen LogP contribution in [-0.4, -0.2) is 15.5 Å². The first kappa shape index (κ1) is 17.0. The number of amides is 1. The molecular formula is C20H16BrN3OS. The molecule has 0 unspecified atom stereocenters. The van der Waals surface area contributed by atoms with Crippen molar-refractivity contribution in [2.24, 2.45) is 7.05 Å². The minimum atomic E-state index is -0.0574. The van der Waals surface area contributed by atoms with Gasteiger partial charge in [0.25, 0.3) is 0 Å². The number of benzene rings is 2. The minimum Gasteiger partial charge on any atom is -0.350 e. The standard InChI is InChI=1S/C20H16BrN3OS/c1-24-11-14(16-4-2-3-5-18(16)24)10-19(25)23-20-22-17(12-26-20)13-6-8-15(21)9-7-13/h2-9,11-12H,10H2,1H3,(H,22,23,25). The Morgan fingerprint density at radius 1 is 1.19 bits per heavy atom. The van der Waals surface area contributed by atoms with E-state index in [9.17, 15) is 4.79 Å². The van der Waals surface area contributed by atoms with Crippen LogP contribution in [0.3, 0.4) is 0 Å². The molecule has 0 spiro atoms. The van der Waals surface area contributed by atoms with Crippen LogP contribution in [0.4, 0.5) is 5.13 Å². The Hall–Kier alpha value is -2.44. The number of carbonyl (C=O) groups excluding carboxylic acids is 1. The zero-order valence-electron chi connectivity index (χ0n) is 14.1. The van der Waals surface area contributed by atoms with E-state index in [1.54, 1.807) is 0 Å². The Labute approximate surface area is 163 Å². The van der Waals surface area contributed by atoms with E-state index in [0.717, 1.165) is 32.2 Å². The van der Waals surface area contributed by atoms with E-state index in [1.807, 2.05) is 65.7 Å². The van der Waals surface area contributed by atoms with Gasteiger partial charge in [-0.25, -0.2) is 4.98 Å². The summed E-state index contributed by atoms with van der Waals surface area (Å²) < 4.78 is 3.08. The fourth-order valence-corrected chi connectivity index (χ4v) is 3.99. The van der Waals surface area contributed by atoms with Crippen LogP contribution in [0.2, 0.25) is 0 Å². The molecule has 26 heavy (non-hydrogen) atoms. The quantitative estimate of drug-likeness (QED) is 0.485. The van der Waals surface area contributed by atoms with Crippen LogP contribution in [0, 0.1) is 0 Å². The van der Waals surface area contributed by atoms with Crippen molar-refractivity contribution in [3.05, 3.63) is 70.1 Å². The Kier molecular flexibility index (Phi) is 4.61. The van der Waals surface area contributed by atoms with Crippen LogP contribution >= 0.6 is 27.3 Å². The average molecular weight is 426 g/mol. The lowest BCUT2D eigenvalue weighted by atomic mass is 10.1. The van der Waals surface area contributed by atoms with E-state index < -0.39 is 0 Å². The number of para-hydroxylation sites is 1. The Morgan fingerprint density at radius 2 is 1.96 bits per heavy atom. The van der Waals surface area contributed by atoms with E-state index in [4.69, 9.17) is 0 Å². The fourth-order valence-electron chi connectivity index (χ4n) is 2.99. The molecule has 1 N–H and O–H groups in total. The second kappa shape index (κ2) is 7.05. The van der Waals surface area contributed by atoms with Crippen molar-refractivity contribution in [3.63, 3.8) is 0 Å². The smallest absolute Gasteiger partial charge is 0.230 e. The van der Waals surface area contributed by atoms with Crippen molar-refractivity contribution in [3.8, 4) is 11.3 Å². The number of thiazole rings is 1. The van der Waals surface area contributed by atoms with E-state index in [-0.39, 0.29) is 5.91 Å². The molecule has 0 atom stereocenters. The summed E-state index contributed by atoms with van der Waals surface area (Å²) in [7, 11) is 2.00. The number of aryl methyl sites for hydroxylation is 1. The highest BCUT2D eigenvalue weighted by molar-refractivity contribution is 9.10. The van der Waals surface area contributed by atoms with Gasteiger partial charge in [-0.05, 0) is 23.8 Å². The highest BCUT2D eigenvalue weighted by Crippen LogP contribution is 2.26. The summed E-state index contributed by atoms with van der Waals surface area (Å²) >= 11 is 4.87. The van der Waals surface area contributed by atoms with Crippen molar-refractivity contribution in [1.82, 2.24) is 9.55 Å². The number of fused-ring (bicyclic) bond motifs is 1. The third kappa shape index (κ3) is 3.43. The molecule has 2 aromatic heterocycles. The average Bonchev–Trinajstić information content (AvgIpc) is 3.21. The maximum Gasteiger partial charge on any atom is 0.230 e. The first-order chi connectivity index (χ1) is 12.6. The van der Waals surface area contributed by atoms with E-state index >= 15 is 0 Å². The Balaban J connectivity index is 1.49. The van der Waals surface area contributed by atoms with Gasteiger partial charge in [0.05, 0.1) is 12.1 Å². The summed E-state index contributed by atoms with van der Waals surface area (Å²) in [4.78, 5) is 17.0. The van der Waals surface area contributed by atoms with Gasteiger partial charge in [-0.3, -0.25) is 4.79 Å². The summed E-state index contributed by atoms with van der Waals surface area (Å²) in [6.45, 7) is 0. The highest BCUT2D eigenvalue weighted by Gasteiger charge is 2.12. The second-order valence-electron chi connectivity index (χ2n) is 6.05. The molecule has 0 aliphatic carbocycles. The molecule has 4 rings (SSSR count). The topological polar surface area (TPSA) is 46.9 Å². The van der Waals surface area contributed by atoms with Crippen LogP contribution < -0.4 is 5.32 Å². The number of carbonyl (C=O) groups is 1. The summed E-state index contributed by atoms with van der Waals surface area (Å²) in [5.41, 5.74) is 4.04. The molecule has 0 radical (unpaired) electrons. The molecule has 2 aromatic carbocycles. The number of hydrogen-bond donors (Lipinski definition) is 1. The fraction of sp³-hybridized carbons (Fsp3) is 0.100. The molecule has 1 amide bonds. The van der Waals surface area contributed by atoms with Crippen molar-refractivity contribution >= 4 is 49.2 Å². The largest absolute Gasteiger partial charge is 0.350 e. The third-order valence-corrected chi connectivity index (χ3v) is 5.51. The lowest BCUT2D eigenvalue weighted by Crippen LogP contribution is -2.14. The lowest BCUT2D eigenvalue weighted by molar-refractivity contribution is -0.115. The van der Waals surface area contributed by atoms with Crippen LogP contribution in [0.1, 0.15) is 5.56 Å². The highest BCUT2D eigenvalue weighted by atomic mass is 79.9. The van der Waals surface area contributed by atoms with Gasteiger partial charge in [0.15, 0.2) is 5.13 Å². The first-order valence-electron chi connectivity index (χ1n) is 8.14. The van der Waals surface area contributed by atoms with Crippen LogP contribution in [0.5, 0.6) is 0 Å². The van der Waals surface area contributed by atoms with Crippen molar-refractivity contribution < 1.29 is 4.79 Å². The van der Waals surface area contributed by atoms with Crippen molar-refractivity contribution in [2.75, 3.05) is 5.32 Å². The summed E-state index contributed by atoms with van der Waals surface area (Å²) in [5, 5.41) is 6.60. The number of nitrogens with zero attached hydrogens (tertiary/aromatic N) is 2. The monoisotopic (exact) mass is 425 g/mol. The van der Waals surface area contributed by atoms with E-state index in [1.165, 1.54) is 11.3 Å². The number of nitrogens with one attached hydrogen (secondary N) is 1. The normalized spacial score (nSPS) is 11.0. The first-order valence-corrected chi connectivity index (χ1v) is 9.81. The second-order valence-corrected chi connectivity index (χ2v) is 7.83. The van der Waals surface area contributed by atoms with Gasteiger partial charge in [-0.2, -0.15) is 0 Å². The maximum atomic E-state index is 12.5. The van der Waals surface area contributed by atoms with Crippen molar-refractivity contribution in [2.45, 2.75) is 6.42 Å². The Bertz CT molecular complexity index is 1080. The van der Waals surface area contributed by atoms with E-state index in [0.29, 0.717) is 11.6 Å². The van der Waals surface area contributed by atoms with E-state index in [2.05, 4.69) is 32.3 Å². The number of anilines is 1. The number of aromatic nitrogens is 2. The Morgan fingerprint density at radius 3 is 2.77 bits per heavy atom. The van der Waals surface area contributed by atoms with Gasteiger partial charge in [0.2, 0.25) is 5.91 Å². The predicted octanol–water partition coefficient (Wildman–Crippen LogP) is 5.25. The molecule has 2 heterocycles. The van der Waals surface area contributed by atoms with Gasteiger partial charge in [-0.15, -0.1) is 11.3 Å². The SMILES string of the molecule is Cn1cc(CC(=O)Nc2nc(-c3ccc(Br)cc3)cs2)c2ccccc21. The third-order valence-electron chi connectivity index (χ3n) is 4.22. The maximum absolute atomic E-state index is 12.5. The molecule has 0 saturated carbocycles. The summed E-state index contributed by atoms with van der Waals surface area (Å²) in [6, 6.07) is 16.1. The molecule has 0 aliphatic heterocycles. The van der Waals surface area contributed by atoms with Gasteiger partial charge in [0.1, 0.15) is 0 Å². The minimum absolute atomic E-state index is 0.0574. The summed E-state index contributed by atoms with van der Waals surface area (Å²) in [6.07, 6.45) is 2.34. The number of halogens is 1. The molecule has 0 bridgehead atoms. The molecule has 6 heteroatoms. The van der Waals surface area contributed by atoms with Crippen LogP contribution in [0.25, 0.3) is 22.2 Å². The summed E-state index contributed by atoms with van der Waals surface area (Å²) in [5.74, 6) is -0.0574. The molecule has 130 valence electrons. The van der Waals surface area contributed by atoms with Gasteiger partial charge in [-0.1, -0.05) is 46.3 Å². The zero-order valence-corrected chi connectivity index (χ0v) is 16.5.